The van der Waals surface area contributed by atoms with Crippen LogP contribution in [0.5, 0.6) is 0 Å². The number of hydrogen-bond donors (Lipinski definition) is 1. The minimum Gasteiger partial charge on any atom is -0.393 e. The second-order valence-corrected chi connectivity index (χ2v) is 13.0. The first kappa shape index (κ1) is 14.3. The third-order valence-electron chi connectivity index (χ3n) is 7.15. The SMILES string of the molecule is CC1(C)[C@H]2CC[C@]1(C)[C@@H](O)[C@H]2[Si](C)(C)c1ccccc1. The Bertz CT molecular complexity index is 507. The van der Waals surface area contributed by atoms with Gasteiger partial charge in [0.05, 0.1) is 14.2 Å². The first-order chi connectivity index (χ1) is 9.23. The highest BCUT2D eigenvalue weighted by Crippen LogP contribution is 2.71. The van der Waals surface area contributed by atoms with Crippen LogP contribution in [0, 0.1) is 16.7 Å². The van der Waals surface area contributed by atoms with Gasteiger partial charge in [-0.2, -0.15) is 0 Å². The quantitative estimate of drug-likeness (QED) is 0.821. The highest BCUT2D eigenvalue weighted by Gasteiger charge is 2.68. The summed E-state index contributed by atoms with van der Waals surface area (Å²) < 4.78 is 0. The summed E-state index contributed by atoms with van der Waals surface area (Å²) in [6.07, 6.45) is 2.37. The Kier molecular flexibility index (Phi) is 3.01. The molecule has 0 spiro atoms. The van der Waals surface area contributed by atoms with E-state index in [4.69, 9.17) is 0 Å². The molecular formula is C18H28OSi. The minimum absolute atomic E-state index is 0.112. The molecule has 1 aromatic carbocycles. The molecule has 2 aliphatic carbocycles. The normalized spacial score (nSPS) is 39.2. The Balaban J connectivity index is 2.04. The molecule has 4 atom stereocenters. The standard InChI is InChI=1S/C18H28OSi/c1-17(2)14-11-12-18(17,3)16(19)15(14)20(4,5)13-9-7-6-8-10-13/h6-10,14-16,19H,11-12H2,1-5H3/t14-,15-,16-,18+/m0/s1. The van der Waals surface area contributed by atoms with Crippen LogP contribution in [0.4, 0.5) is 0 Å². The van der Waals surface area contributed by atoms with Gasteiger partial charge in [0, 0.05) is 0 Å². The third-order valence-corrected chi connectivity index (χ3v) is 11.4. The largest absolute Gasteiger partial charge is 0.393 e. The number of benzene rings is 1. The van der Waals surface area contributed by atoms with Gasteiger partial charge in [-0.05, 0) is 35.1 Å². The van der Waals surface area contributed by atoms with E-state index in [9.17, 15) is 5.11 Å². The average molecular weight is 289 g/mol. The second-order valence-electron chi connectivity index (χ2n) is 8.34. The molecule has 1 aromatic rings. The predicted octanol–water partition coefficient (Wildman–Crippen LogP) is 3.79. The van der Waals surface area contributed by atoms with E-state index in [1.165, 1.54) is 18.0 Å². The van der Waals surface area contributed by atoms with Crippen molar-refractivity contribution in [1.82, 2.24) is 0 Å². The Hall–Kier alpha value is -0.603. The zero-order chi connectivity index (χ0) is 14.8. The lowest BCUT2D eigenvalue weighted by Crippen LogP contribution is -2.52. The lowest BCUT2D eigenvalue weighted by atomic mass is 9.70. The first-order valence-corrected chi connectivity index (χ1v) is 11.0. The van der Waals surface area contributed by atoms with Gasteiger partial charge in [-0.25, -0.2) is 0 Å². The summed E-state index contributed by atoms with van der Waals surface area (Å²) in [4.78, 5) is 0. The Morgan fingerprint density at radius 1 is 1.10 bits per heavy atom. The van der Waals surface area contributed by atoms with Gasteiger partial charge >= 0.3 is 0 Å². The van der Waals surface area contributed by atoms with Crippen molar-refractivity contribution in [3.05, 3.63) is 30.3 Å². The van der Waals surface area contributed by atoms with E-state index in [-0.39, 0.29) is 16.9 Å². The van der Waals surface area contributed by atoms with Crippen LogP contribution in [0.15, 0.2) is 30.3 Å². The van der Waals surface area contributed by atoms with Gasteiger partial charge in [0.1, 0.15) is 0 Å². The second kappa shape index (κ2) is 4.20. The van der Waals surface area contributed by atoms with Crippen LogP contribution in [-0.2, 0) is 0 Å². The Morgan fingerprint density at radius 2 is 1.70 bits per heavy atom. The maximum Gasteiger partial charge on any atom is 0.0865 e. The molecule has 2 fully saturated rings. The molecule has 20 heavy (non-hydrogen) atoms. The number of fused-ring (bicyclic) bond motifs is 2. The van der Waals surface area contributed by atoms with Crippen molar-refractivity contribution in [3.8, 4) is 0 Å². The van der Waals surface area contributed by atoms with Crippen LogP contribution in [0.2, 0.25) is 18.6 Å². The summed E-state index contributed by atoms with van der Waals surface area (Å²) in [6.45, 7) is 12.0. The highest BCUT2D eigenvalue weighted by molar-refractivity contribution is 6.91. The van der Waals surface area contributed by atoms with Crippen molar-refractivity contribution < 1.29 is 5.11 Å². The lowest BCUT2D eigenvalue weighted by Gasteiger charge is -2.41. The van der Waals surface area contributed by atoms with Crippen LogP contribution in [-0.4, -0.2) is 19.3 Å². The molecule has 2 bridgehead atoms. The molecule has 0 aliphatic heterocycles. The van der Waals surface area contributed by atoms with E-state index < -0.39 is 8.07 Å². The summed E-state index contributed by atoms with van der Waals surface area (Å²) in [5.74, 6) is 0.685. The molecule has 1 N–H and O–H groups in total. The molecule has 3 rings (SSSR count). The zero-order valence-electron chi connectivity index (χ0n) is 13.5. The van der Waals surface area contributed by atoms with Crippen molar-refractivity contribution in [1.29, 1.82) is 0 Å². The minimum atomic E-state index is -1.65. The van der Waals surface area contributed by atoms with Crippen LogP contribution in [0.25, 0.3) is 0 Å². The molecule has 0 aromatic heterocycles. The van der Waals surface area contributed by atoms with Crippen molar-refractivity contribution >= 4 is 13.3 Å². The Morgan fingerprint density at radius 3 is 2.20 bits per heavy atom. The molecular weight excluding hydrogens is 260 g/mol. The fraction of sp³-hybridized carbons (Fsp3) is 0.667. The molecule has 1 nitrogen and oxygen atoms in total. The van der Waals surface area contributed by atoms with Gasteiger partial charge in [-0.3, -0.25) is 0 Å². The summed E-state index contributed by atoms with van der Waals surface area (Å²) in [7, 11) is -1.65. The van der Waals surface area contributed by atoms with Crippen LogP contribution in [0.3, 0.4) is 0 Å². The van der Waals surface area contributed by atoms with Crippen molar-refractivity contribution in [2.45, 2.75) is 58.4 Å². The Labute approximate surface area is 124 Å². The smallest absolute Gasteiger partial charge is 0.0865 e. The molecule has 2 saturated carbocycles. The fourth-order valence-electron chi connectivity index (χ4n) is 5.29. The van der Waals surface area contributed by atoms with Gasteiger partial charge in [0.2, 0.25) is 0 Å². The summed E-state index contributed by atoms with van der Waals surface area (Å²) in [5.41, 5.74) is 0.885. The summed E-state index contributed by atoms with van der Waals surface area (Å²) >= 11 is 0. The number of hydrogen-bond acceptors (Lipinski definition) is 1. The van der Waals surface area contributed by atoms with Crippen LogP contribution in [0.1, 0.15) is 33.6 Å². The van der Waals surface area contributed by atoms with E-state index in [0.29, 0.717) is 11.5 Å². The molecule has 0 heterocycles. The first-order valence-electron chi connectivity index (χ1n) is 7.96. The molecule has 110 valence electrons. The van der Waals surface area contributed by atoms with E-state index in [0.717, 1.165) is 0 Å². The third kappa shape index (κ3) is 1.58. The predicted molar refractivity (Wildman–Crippen MR) is 87.9 cm³/mol. The topological polar surface area (TPSA) is 20.2 Å². The molecule has 0 unspecified atom stereocenters. The van der Waals surface area contributed by atoms with Crippen molar-refractivity contribution in [2.75, 3.05) is 0 Å². The number of aliphatic hydroxyl groups is 1. The van der Waals surface area contributed by atoms with Crippen LogP contribution < -0.4 is 5.19 Å². The van der Waals surface area contributed by atoms with Gasteiger partial charge in [0.15, 0.2) is 0 Å². The van der Waals surface area contributed by atoms with E-state index in [2.05, 4.69) is 64.2 Å². The fourth-order valence-corrected chi connectivity index (χ4v) is 9.48. The van der Waals surface area contributed by atoms with Gasteiger partial charge < -0.3 is 5.11 Å². The number of aliphatic hydroxyl groups excluding tert-OH is 1. The maximum atomic E-state index is 11.1. The highest BCUT2D eigenvalue weighted by atomic mass is 28.3. The molecule has 0 saturated heterocycles. The van der Waals surface area contributed by atoms with E-state index in [1.54, 1.807) is 0 Å². The van der Waals surface area contributed by atoms with Gasteiger partial charge in [-0.15, -0.1) is 0 Å². The van der Waals surface area contributed by atoms with Gasteiger partial charge in [0.25, 0.3) is 0 Å². The monoisotopic (exact) mass is 288 g/mol. The summed E-state index contributed by atoms with van der Waals surface area (Å²) in [6, 6.07) is 10.9. The van der Waals surface area contributed by atoms with Gasteiger partial charge in [-0.1, -0.05) is 69.4 Å². The lowest BCUT2D eigenvalue weighted by molar-refractivity contribution is 0.0121. The van der Waals surface area contributed by atoms with Crippen molar-refractivity contribution in [2.24, 2.45) is 16.7 Å². The van der Waals surface area contributed by atoms with E-state index >= 15 is 0 Å². The molecule has 2 aliphatic rings. The molecule has 2 heteroatoms. The zero-order valence-corrected chi connectivity index (χ0v) is 14.5. The van der Waals surface area contributed by atoms with E-state index in [1.807, 2.05) is 0 Å². The van der Waals surface area contributed by atoms with Crippen LogP contribution >= 0.6 is 0 Å². The maximum absolute atomic E-state index is 11.1. The average Bonchev–Trinajstić information content (AvgIpc) is 2.72. The molecule has 0 amide bonds. The molecule has 0 radical (unpaired) electrons. The number of rotatable bonds is 2. The van der Waals surface area contributed by atoms with Crippen molar-refractivity contribution in [3.63, 3.8) is 0 Å². The summed E-state index contributed by atoms with van der Waals surface area (Å²) in [5, 5.41) is 12.6.